The second kappa shape index (κ2) is 8.27. The molecule has 1 saturated heterocycles. The van der Waals surface area contributed by atoms with Crippen LogP contribution in [-0.2, 0) is 10.0 Å². The fraction of sp³-hybridized carbons (Fsp3) is 0.706. The van der Waals surface area contributed by atoms with Gasteiger partial charge in [-0.3, -0.25) is 0 Å². The largest absolute Gasteiger partial charge is 0.368 e. The number of hydrogen-bond acceptors (Lipinski definition) is 5. The zero-order valence-corrected chi connectivity index (χ0v) is 16.0. The number of aromatic nitrogens is 1. The highest BCUT2D eigenvalue weighted by molar-refractivity contribution is 7.89. The first-order valence-electron chi connectivity index (χ1n) is 8.70. The Morgan fingerprint density at radius 2 is 1.79 bits per heavy atom. The molecule has 0 amide bonds. The lowest BCUT2D eigenvalue weighted by Gasteiger charge is -2.31. The molecular weight excluding hydrogens is 324 g/mol. The highest BCUT2D eigenvalue weighted by Gasteiger charge is 2.27. The monoisotopic (exact) mass is 354 g/mol. The number of piperazine rings is 1. The average molecular weight is 355 g/mol. The topological polar surface area (TPSA) is 65.5 Å². The molecule has 1 aromatic rings. The van der Waals surface area contributed by atoms with Gasteiger partial charge in [0.2, 0.25) is 10.0 Å². The SMILES string of the molecule is CC(C)CCC(C)Nc1ccc(S(=O)(=O)N2CCN(C)CC2)cn1. The van der Waals surface area contributed by atoms with Gasteiger partial charge in [0, 0.05) is 38.4 Å². The van der Waals surface area contributed by atoms with Gasteiger partial charge in [0.05, 0.1) is 0 Å². The number of nitrogens with zero attached hydrogens (tertiary/aromatic N) is 3. The minimum Gasteiger partial charge on any atom is -0.368 e. The minimum absolute atomic E-state index is 0.271. The van der Waals surface area contributed by atoms with Crippen molar-refractivity contribution in [1.82, 2.24) is 14.2 Å². The third kappa shape index (κ3) is 5.16. The zero-order valence-electron chi connectivity index (χ0n) is 15.2. The molecule has 1 atom stereocenters. The van der Waals surface area contributed by atoms with E-state index in [2.05, 4.69) is 36.0 Å². The van der Waals surface area contributed by atoms with Gasteiger partial charge >= 0.3 is 0 Å². The van der Waals surface area contributed by atoms with Crippen LogP contribution in [0.1, 0.15) is 33.6 Å². The van der Waals surface area contributed by atoms with Crippen molar-refractivity contribution in [3.8, 4) is 0 Å². The molecule has 1 aliphatic heterocycles. The van der Waals surface area contributed by atoms with E-state index in [1.165, 1.54) is 6.20 Å². The molecule has 6 nitrogen and oxygen atoms in total. The summed E-state index contributed by atoms with van der Waals surface area (Å²) < 4.78 is 26.8. The molecule has 0 saturated carbocycles. The van der Waals surface area contributed by atoms with E-state index in [4.69, 9.17) is 0 Å². The van der Waals surface area contributed by atoms with Crippen molar-refractivity contribution in [2.24, 2.45) is 5.92 Å². The Morgan fingerprint density at radius 3 is 2.33 bits per heavy atom. The van der Waals surface area contributed by atoms with Crippen LogP contribution in [0, 0.1) is 5.92 Å². The summed E-state index contributed by atoms with van der Waals surface area (Å²) in [6.07, 6.45) is 3.69. The van der Waals surface area contributed by atoms with Gasteiger partial charge < -0.3 is 10.2 Å². The van der Waals surface area contributed by atoms with Crippen LogP contribution in [-0.4, -0.2) is 61.9 Å². The lowest BCUT2D eigenvalue weighted by Crippen LogP contribution is -2.47. The van der Waals surface area contributed by atoms with Crippen LogP contribution in [0.4, 0.5) is 5.82 Å². The van der Waals surface area contributed by atoms with Crippen LogP contribution in [0.25, 0.3) is 0 Å². The molecule has 2 rings (SSSR count). The van der Waals surface area contributed by atoms with E-state index in [1.807, 2.05) is 7.05 Å². The van der Waals surface area contributed by atoms with Gasteiger partial charge in [0.15, 0.2) is 0 Å². The molecule has 1 N–H and O–H groups in total. The maximum atomic E-state index is 12.7. The standard InChI is InChI=1S/C17H30N4O2S/c1-14(2)5-6-15(3)19-17-8-7-16(13-18-17)24(22,23)21-11-9-20(4)10-12-21/h7-8,13-15H,5-6,9-12H2,1-4H3,(H,18,19). The Hall–Kier alpha value is -1.18. The maximum Gasteiger partial charge on any atom is 0.244 e. The molecule has 1 fully saturated rings. The molecule has 0 aliphatic carbocycles. The van der Waals surface area contributed by atoms with E-state index >= 15 is 0 Å². The molecule has 1 aromatic heterocycles. The van der Waals surface area contributed by atoms with E-state index in [-0.39, 0.29) is 4.90 Å². The number of pyridine rings is 1. The molecule has 0 aromatic carbocycles. The lowest BCUT2D eigenvalue weighted by molar-refractivity contribution is 0.222. The molecule has 0 radical (unpaired) electrons. The van der Waals surface area contributed by atoms with E-state index in [0.29, 0.717) is 25.0 Å². The van der Waals surface area contributed by atoms with Crippen LogP contribution in [0.2, 0.25) is 0 Å². The highest BCUT2D eigenvalue weighted by atomic mass is 32.2. The molecule has 0 bridgehead atoms. The van der Waals surface area contributed by atoms with Crippen LogP contribution >= 0.6 is 0 Å². The first-order chi connectivity index (χ1) is 11.3. The van der Waals surface area contributed by atoms with Crippen molar-refractivity contribution in [1.29, 1.82) is 0 Å². The lowest BCUT2D eigenvalue weighted by atomic mass is 10.0. The number of nitrogens with one attached hydrogen (secondary N) is 1. The molecule has 1 aliphatic rings. The maximum absolute atomic E-state index is 12.7. The van der Waals surface area contributed by atoms with E-state index < -0.39 is 10.0 Å². The van der Waals surface area contributed by atoms with Gasteiger partial charge in [-0.05, 0) is 44.9 Å². The first kappa shape index (κ1) is 19.1. The highest BCUT2D eigenvalue weighted by Crippen LogP contribution is 2.18. The van der Waals surface area contributed by atoms with Crippen molar-refractivity contribution in [2.75, 3.05) is 38.5 Å². The molecule has 0 spiro atoms. The van der Waals surface area contributed by atoms with Crippen molar-refractivity contribution in [3.05, 3.63) is 18.3 Å². The smallest absolute Gasteiger partial charge is 0.244 e. The fourth-order valence-electron chi connectivity index (χ4n) is 2.70. The number of sulfonamides is 1. The van der Waals surface area contributed by atoms with Crippen LogP contribution in [0.5, 0.6) is 0 Å². The summed E-state index contributed by atoms with van der Waals surface area (Å²) in [6, 6.07) is 3.73. The molecule has 7 heteroatoms. The van der Waals surface area contributed by atoms with Gasteiger partial charge in [-0.25, -0.2) is 13.4 Å². The van der Waals surface area contributed by atoms with Crippen LogP contribution < -0.4 is 5.32 Å². The predicted octanol–water partition coefficient (Wildman–Crippen LogP) is 2.25. The van der Waals surface area contributed by atoms with Crippen molar-refractivity contribution in [3.63, 3.8) is 0 Å². The van der Waals surface area contributed by atoms with E-state index in [9.17, 15) is 8.42 Å². The summed E-state index contributed by atoms with van der Waals surface area (Å²) >= 11 is 0. The average Bonchev–Trinajstić information content (AvgIpc) is 2.54. The van der Waals surface area contributed by atoms with Crippen molar-refractivity contribution >= 4 is 15.8 Å². The normalized spacial score (nSPS) is 18.7. The Labute approximate surface area is 146 Å². The summed E-state index contributed by atoms with van der Waals surface area (Å²) in [5, 5.41) is 3.34. The van der Waals surface area contributed by atoms with Gasteiger partial charge in [0.1, 0.15) is 10.7 Å². The third-order valence-electron chi connectivity index (χ3n) is 4.41. The molecular formula is C17H30N4O2S. The fourth-order valence-corrected chi connectivity index (χ4v) is 4.07. The minimum atomic E-state index is -3.44. The Balaban J connectivity index is 1.98. The van der Waals surface area contributed by atoms with Crippen molar-refractivity contribution < 1.29 is 8.42 Å². The summed E-state index contributed by atoms with van der Waals surface area (Å²) in [7, 11) is -1.43. The first-order valence-corrected chi connectivity index (χ1v) is 10.1. The van der Waals surface area contributed by atoms with Gasteiger partial charge in [0.25, 0.3) is 0 Å². The van der Waals surface area contributed by atoms with E-state index in [1.54, 1.807) is 16.4 Å². The Bertz CT molecular complexity index is 608. The van der Waals surface area contributed by atoms with Crippen molar-refractivity contribution in [2.45, 2.75) is 44.6 Å². The van der Waals surface area contributed by atoms with Gasteiger partial charge in [-0.15, -0.1) is 0 Å². The molecule has 24 heavy (non-hydrogen) atoms. The number of rotatable bonds is 7. The van der Waals surface area contributed by atoms with Gasteiger partial charge in [-0.1, -0.05) is 13.8 Å². The summed E-state index contributed by atoms with van der Waals surface area (Å²) in [5.74, 6) is 1.40. The molecule has 2 heterocycles. The Morgan fingerprint density at radius 1 is 1.12 bits per heavy atom. The quantitative estimate of drug-likeness (QED) is 0.813. The van der Waals surface area contributed by atoms with Crippen LogP contribution in [0.15, 0.2) is 23.2 Å². The second-order valence-electron chi connectivity index (χ2n) is 7.10. The van der Waals surface area contributed by atoms with E-state index in [0.717, 1.165) is 31.7 Å². The van der Waals surface area contributed by atoms with Gasteiger partial charge in [-0.2, -0.15) is 4.31 Å². The number of anilines is 1. The summed E-state index contributed by atoms with van der Waals surface area (Å²) in [4.78, 5) is 6.70. The number of likely N-dealkylation sites (N-methyl/N-ethyl adjacent to an activating group) is 1. The second-order valence-corrected chi connectivity index (χ2v) is 9.04. The summed E-state index contributed by atoms with van der Waals surface area (Å²) in [6.45, 7) is 9.14. The third-order valence-corrected chi connectivity index (χ3v) is 6.29. The molecule has 1 unspecified atom stereocenters. The van der Waals surface area contributed by atoms with Crippen LogP contribution in [0.3, 0.4) is 0 Å². The zero-order chi connectivity index (χ0) is 17.7. The Kier molecular flexibility index (Phi) is 6.60. The summed E-state index contributed by atoms with van der Waals surface area (Å²) in [5.41, 5.74) is 0. The molecule has 136 valence electrons. The predicted molar refractivity (Wildman–Crippen MR) is 97.6 cm³/mol. The number of hydrogen-bond donors (Lipinski definition) is 1.